The Hall–Kier alpha value is -2.49. The lowest BCUT2D eigenvalue weighted by atomic mass is 10.1. The summed E-state index contributed by atoms with van der Waals surface area (Å²) in [5, 5.41) is 12.5. The first-order chi connectivity index (χ1) is 8.43. The average molecular weight is 244 g/mol. The van der Waals surface area contributed by atoms with Gasteiger partial charge in [0.15, 0.2) is 0 Å². The number of rotatable bonds is 1. The zero-order chi connectivity index (χ0) is 13.3. The Labute approximate surface area is 103 Å². The summed E-state index contributed by atoms with van der Waals surface area (Å²) in [6, 6.07) is 1.80. The molecule has 2 aromatic rings. The van der Waals surface area contributed by atoms with Gasteiger partial charge in [-0.25, -0.2) is 9.97 Å². The quantitative estimate of drug-likeness (QED) is 0.726. The molecule has 0 radical (unpaired) electrons. The van der Waals surface area contributed by atoms with Crippen molar-refractivity contribution in [3.63, 3.8) is 0 Å². The van der Waals surface area contributed by atoms with Crippen LogP contribution < -0.4 is 5.56 Å². The van der Waals surface area contributed by atoms with E-state index in [-0.39, 0.29) is 22.7 Å². The molecule has 0 saturated carbocycles. The van der Waals surface area contributed by atoms with Crippen molar-refractivity contribution in [1.29, 1.82) is 5.26 Å². The van der Waals surface area contributed by atoms with Crippen LogP contribution in [0.1, 0.15) is 26.6 Å². The summed E-state index contributed by atoms with van der Waals surface area (Å²) in [4.78, 5) is 20.0. The molecule has 0 fully saturated rings. The van der Waals surface area contributed by atoms with E-state index in [1.165, 1.54) is 17.2 Å². The molecule has 0 aliphatic carbocycles. The number of nitriles is 1. The first-order valence-electron chi connectivity index (χ1n) is 5.34. The summed E-state index contributed by atoms with van der Waals surface area (Å²) in [6.45, 7) is 5.75. The minimum Gasteiger partial charge on any atom is -0.305 e. The average Bonchev–Trinajstić information content (AvgIpc) is 2.76. The maximum Gasteiger partial charge on any atom is 0.296 e. The Kier molecular flexibility index (Phi) is 2.71. The zero-order valence-electron chi connectivity index (χ0n) is 10.3. The fourth-order valence-corrected chi connectivity index (χ4v) is 1.50. The minimum absolute atomic E-state index is 0.00219. The van der Waals surface area contributed by atoms with Crippen molar-refractivity contribution in [2.45, 2.75) is 26.3 Å². The van der Waals surface area contributed by atoms with Crippen LogP contribution in [0.4, 0.5) is 0 Å². The van der Waals surface area contributed by atoms with Crippen LogP contribution in [-0.2, 0) is 5.54 Å². The smallest absolute Gasteiger partial charge is 0.296 e. The Morgan fingerprint density at radius 2 is 2.06 bits per heavy atom. The van der Waals surface area contributed by atoms with Crippen molar-refractivity contribution in [2.24, 2.45) is 0 Å². The van der Waals surface area contributed by atoms with Crippen LogP contribution in [0.5, 0.6) is 0 Å². The molecule has 0 aromatic carbocycles. The van der Waals surface area contributed by atoms with Crippen molar-refractivity contribution in [2.75, 3.05) is 0 Å². The van der Waals surface area contributed by atoms with Crippen LogP contribution in [0, 0.1) is 11.3 Å². The van der Waals surface area contributed by atoms with E-state index in [2.05, 4.69) is 15.1 Å². The molecule has 0 spiro atoms. The molecular weight excluding hydrogens is 232 g/mol. The summed E-state index contributed by atoms with van der Waals surface area (Å²) < 4.78 is 2.77. The molecule has 7 heteroatoms. The van der Waals surface area contributed by atoms with Gasteiger partial charge in [0.25, 0.3) is 11.4 Å². The van der Waals surface area contributed by atoms with Gasteiger partial charge in [-0.05, 0) is 20.8 Å². The van der Waals surface area contributed by atoms with Crippen molar-refractivity contribution in [3.05, 3.63) is 34.9 Å². The monoisotopic (exact) mass is 244 g/mol. The van der Waals surface area contributed by atoms with E-state index in [1.54, 1.807) is 16.8 Å². The summed E-state index contributed by atoms with van der Waals surface area (Å²) in [7, 11) is 0. The molecule has 0 saturated heterocycles. The van der Waals surface area contributed by atoms with Gasteiger partial charge in [0.05, 0.1) is 0 Å². The Bertz CT molecular complexity index is 670. The third-order valence-corrected chi connectivity index (χ3v) is 2.35. The second kappa shape index (κ2) is 4.07. The molecule has 0 aliphatic heterocycles. The van der Waals surface area contributed by atoms with Crippen molar-refractivity contribution < 1.29 is 0 Å². The van der Waals surface area contributed by atoms with E-state index in [1.807, 2.05) is 20.8 Å². The third kappa shape index (κ3) is 2.00. The van der Waals surface area contributed by atoms with Gasteiger partial charge < -0.3 is 4.57 Å². The second-order valence-electron chi connectivity index (χ2n) is 4.72. The molecule has 0 aliphatic rings. The van der Waals surface area contributed by atoms with Gasteiger partial charge in [0.2, 0.25) is 5.82 Å². The van der Waals surface area contributed by atoms with Crippen LogP contribution >= 0.6 is 0 Å². The maximum absolute atomic E-state index is 12.2. The van der Waals surface area contributed by atoms with Gasteiger partial charge in [0.1, 0.15) is 12.4 Å². The van der Waals surface area contributed by atoms with Crippen LogP contribution in [0.2, 0.25) is 0 Å². The minimum atomic E-state index is -0.354. The van der Waals surface area contributed by atoms with Crippen LogP contribution in [-0.4, -0.2) is 24.3 Å². The highest BCUT2D eigenvalue weighted by atomic mass is 16.1. The first kappa shape index (κ1) is 12.0. The van der Waals surface area contributed by atoms with Crippen LogP contribution in [0.15, 0.2) is 23.5 Å². The van der Waals surface area contributed by atoms with E-state index in [0.717, 1.165) is 0 Å². The molecule has 0 unspecified atom stereocenters. The number of hydrogen-bond acceptors (Lipinski definition) is 5. The largest absolute Gasteiger partial charge is 0.305 e. The molecule has 0 amide bonds. The van der Waals surface area contributed by atoms with Gasteiger partial charge in [-0.1, -0.05) is 0 Å². The fraction of sp³-hybridized carbons (Fsp3) is 0.364. The van der Waals surface area contributed by atoms with E-state index in [9.17, 15) is 4.79 Å². The van der Waals surface area contributed by atoms with Gasteiger partial charge in [-0.3, -0.25) is 4.79 Å². The fourth-order valence-electron chi connectivity index (χ4n) is 1.50. The zero-order valence-corrected chi connectivity index (χ0v) is 10.3. The van der Waals surface area contributed by atoms with E-state index >= 15 is 0 Å². The van der Waals surface area contributed by atoms with E-state index in [0.29, 0.717) is 0 Å². The predicted octanol–water partition coefficient (Wildman–Crippen LogP) is 0.451. The molecule has 18 heavy (non-hydrogen) atoms. The summed E-state index contributed by atoms with van der Waals surface area (Å²) in [6.07, 6.45) is 4.44. The topological polar surface area (TPSA) is 89.4 Å². The molecular formula is C11H12N6O. The van der Waals surface area contributed by atoms with Gasteiger partial charge >= 0.3 is 0 Å². The van der Waals surface area contributed by atoms with Gasteiger partial charge in [0, 0.05) is 17.9 Å². The summed E-state index contributed by atoms with van der Waals surface area (Å²) in [5.41, 5.74) is -0.632. The Morgan fingerprint density at radius 3 is 2.61 bits per heavy atom. The predicted molar refractivity (Wildman–Crippen MR) is 63.1 cm³/mol. The number of hydrogen-bond donors (Lipinski definition) is 0. The Balaban J connectivity index is 2.61. The molecule has 0 bridgehead atoms. The van der Waals surface area contributed by atoms with Gasteiger partial charge in [-0.15, -0.1) is 5.10 Å². The second-order valence-corrected chi connectivity index (χ2v) is 4.72. The standard InChI is InChI=1S/C11H12N6O/c1-11(2,3)16-5-4-13-9(10(16)18)17-7-14-8(6-12)15-17/h4-5,7H,1-3H3. The highest BCUT2D eigenvalue weighted by molar-refractivity contribution is 5.18. The van der Waals surface area contributed by atoms with Crippen LogP contribution in [0.3, 0.4) is 0 Å². The van der Waals surface area contributed by atoms with Crippen molar-refractivity contribution in [3.8, 4) is 11.9 Å². The molecule has 2 aromatic heterocycles. The normalized spacial score (nSPS) is 11.2. The Morgan fingerprint density at radius 1 is 1.33 bits per heavy atom. The van der Waals surface area contributed by atoms with E-state index < -0.39 is 0 Å². The molecule has 92 valence electrons. The number of aromatic nitrogens is 5. The molecule has 7 nitrogen and oxygen atoms in total. The molecule has 2 rings (SSSR count). The lowest BCUT2D eigenvalue weighted by molar-refractivity contribution is 0.381. The van der Waals surface area contributed by atoms with Gasteiger partial charge in [-0.2, -0.15) is 9.94 Å². The maximum atomic E-state index is 12.2. The van der Waals surface area contributed by atoms with E-state index in [4.69, 9.17) is 5.26 Å². The summed E-state index contributed by atoms with van der Waals surface area (Å²) in [5.74, 6) is 0.129. The molecule has 0 atom stereocenters. The van der Waals surface area contributed by atoms with Crippen molar-refractivity contribution in [1.82, 2.24) is 24.3 Å². The lowest BCUT2D eigenvalue weighted by Crippen LogP contribution is -2.35. The SMILES string of the molecule is CC(C)(C)n1ccnc(-n2cnc(C#N)n2)c1=O. The lowest BCUT2D eigenvalue weighted by Gasteiger charge is -2.22. The highest BCUT2D eigenvalue weighted by Crippen LogP contribution is 2.10. The number of nitrogens with zero attached hydrogens (tertiary/aromatic N) is 6. The summed E-state index contributed by atoms with van der Waals surface area (Å²) >= 11 is 0. The first-order valence-corrected chi connectivity index (χ1v) is 5.34. The molecule has 2 heterocycles. The highest BCUT2D eigenvalue weighted by Gasteiger charge is 2.18. The third-order valence-electron chi connectivity index (χ3n) is 2.35. The molecule has 0 N–H and O–H groups in total. The van der Waals surface area contributed by atoms with Crippen molar-refractivity contribution >= 4 is 0 Å². The van der Waals surface area contributed by atoms with Crippen LogP contribution in [0.25, 0.3) is 5.82 Å².